The summed E-state index contributed by atoms with van der Waals surface area (Å²) >= 11 is 0. The lowest BCUT2D eigenvalue weighted by molar-refractivity contribution is -0.126. The Balaban J connectivity index is 2.44. The standard InChI is InChI=1S/C11H15N5O5/c1-6-3-16(10(20)13-9(6)19)8-2-7(14-15-12)11(4-17,5-18)21-8/h3,7-8,17-18H,2,4-5H2,1H3,(H,13,19,20)/t7-,8+/m0/s1. The number of aliphatic hydroxyl groups excluding tert-OH is 2. The zero-order valence-corrected chi connectivity index (χ0v) is 11.3. The Labute approximate surface area is 118 Å². The first-order chi connectivity index (χ1) is 9.97. The van der Waals surface area contributed by atoms with E-state index in [-0.39, 0.29) is 6.42 Å². The average Bonchev–Trinajstić information content (AvgIpc) is 2.82. The van der Waals surface area contributed by atoms with Crippen molar-refractivity contribution in [2.45, 2.75) is 31.2 Å². The predicted molar refractivity (Wildman–Crippen MR) is 70.6 cm³/mol. The van der Waals surface area contributed by atoms with Crippen LogP contribution in [0.25, 0.3) is 10.4 Å². The molecule has 10 heteroatoms. The van der Waals surface area contributed by atoms with Crippen LogP contribution < -0.4 is 11.2 Å². The molecule has 10 nitrogen and oxygen atoms in total. The Morgan fingerprint density at radius 3 is 2.81 bits per heavy atom. The molecule has 0 bridgehead atoms. The number of ether oxygens (including phenoxy) is 1. The van der Waals surface area contributed by atoms with Crippen molar-refractivity contribution in [2.24, 2.45) is 5.11 Å². The number of H-pyrrole nitrogens is 1. The quantitative estimate of drug-likeness (QED) is 0.376. The number of aliphatic hydroxyl groups is 2. The largest absolute Gasteiger partial charge is 0.393 e. The molecule has 3 N–H and O–H groups in total. The second kappa shape index (κ2) is 5.70. The summed E-state index contributed by atoms with van der Waals surface area (Å²) in [5, 5.41) is 22.4. The number of rotatable bonds is 4. The van der Waals surface area contributed by atoms with Crippen LogP contribution in [0.1, 0.15) is 18.2 Å². The molecule has 2 rings (SSSR count). The van der Waals surface area contributed by atoms with Crippen LogP contribution in [-0.2, 0) is 4.74 Å². The fraction of sp³-hybridized carbons (Fsp3) is 0.636. The molecule has 1 saturated heterocycles. The number of nitrogens with one attached hydrogen (secondary N) is 1. The summed E-state index contributed by atoms with van der Waals surface area (Å²) in [7, 11) is 0. The summed E-state index contributed by atoms with van der Waals surface area (Å²) in [6, 6.07) is -0.832. The topological polar surface area (TPSA) is 153 Å². The van der Waals surface area contributed by atoms with Gasteiger partial charge >= 0.3 is 5.69 Å². The van der Waals surface area contributed by atoms with Crippen molar-refractivity contribution in [2.75, 3.05) is 13.2 Å². The predicted octanol–water partition coefficient (Wildman–Crippen LogP) is -0.834. The van der Waals surface area contributed by atoms with Crippen molar-refractivity contribution >= 4 is 0 Å². The molecule has 2 atom stereocenters. The molecule has 0 aromatic carbocycles. The van der Waals surface area contributed by atoms with Crippen molar-refractivity contribution < 1.29 is 14.9 Å². The highest BCUT2D eigenvalue weighted by atomic mass is 16.6. The molecule has 2 heterocycles. The Hall–Kier alpha value is -2.13. The molecule has 1 aliphatic rings. The molecule has 114 valence electrons. The minimum absolute atomic E-state index is 0.0938. The summed E-state index contributed by atoms with van der Waals surface area (Å²) < 4.78 is 6.69. The molecular formula is C11H15N5O5. The third-order valence-corrected chi connectivity index (χ3v) is 3.59. The lowest BCUT2D eigenvalue weighted by Crippen LogP contribution is -2.46. The fourth-order valence-electron chi connectivity index (χ4n) is 2.32. The summed E-state index contributed by atoms with van der Waals surface area (Å²) in [6.07, 6.45) is 0.559. The van der Waals surface area contributed by atoms with Crippen molar-refractivity contribution in [1.82, 2.24) is 9.55 Å². The zero-order valence-electron chi connectivity index (χ0n) is 11.3. The average molecular weight is 297 g/mol. The number of hydrogen-bond acceptors (Lipinski definition) is 6. The number of hydrogen-bond donors (Lipinski definition) is 3. The third kappa shape index (κ3) is 2.57. The van der Waals surface area contributed by atoms with E-state index in [2.05, 4.69) is 15.0 Å². The number of nitrogens with zero attached hydrogens (tertiary/aromatic N) is 4. The van der Waals surface area contributed by atoms with Gasteiger partial charge in [0.05, 0.1) is 19.3 Å². The van der Waals surface area contributed by atoms with E-state index >= 15 is 0 Å². The SMILES string of the molecule is Cc1cn([C@H]2C[C@H](N=[N+]=[N-])C(CO)(CO)O2)c(=O)[nH]c1=O. The molecule has 21 heavy (non-hydrogen) atoms. The summed E-state index contributed by atoms with van der Waals surface area (Å²) in [4.78, 5) is 28.0. The summed E-state index contributed by atoms with van der Waals surface area (Å²) in [6.45, 7) is 0.390. The molecule has 0 aliphatic carbocycles. The number of aromatic nitrogens is 2. The van der Waals surface area contributed by atoms with E-state index in [0.717, 1.165) is 4.57 Å². The normalized spacial score (nSPS) is 23.8. The molecule has 1 aliphatic heterocycles. The smallest absolute Gasteiger partial charge is 0.330 e. The maximum atomic E-state index is 11.8. The van der Waals surface area contributed by atoms with Gasteiger partial charge in [-0.2, -0.15) is 0 Å². The highest BCUT2D eigenvalue weighted by Gasteiger charge is 2.48. The number of aromatic amines is 1. The zero-order chi connectivity index (χ0) is 15.6. The molecule has 1 aromatic rings. The van der Waals surface area contributed by atoms with Gasteiger partial charge < -0.3 is 14.9 Å². The Kier molecular flexibility index (Phi) is 4.14. The van der Waals surface area contributed by atoms with Crippen LogP contribution in [0, 0.1) is 6.92 Å². The van der Waals surface area contributed by atoms with E-state index in [1.54, 1.807) is 0 Å². The second-order valence-electron chi connectivity index (χ2n) is 4.89. The first-order valence-electron chi connectivity index (χ1n) is 6.23. The van der Waals surface area contributed by atoms with Crippen LogP contribution in [0.2, 0.25) is 0 Å². The molecule has 0 unspecified atom stereocenters. The fourth-order valence-corrected chi connectivity index (χ4v) is 2.32. The lowest BCUT2D eigenvalue weighted by Gasteiger charge is -2.28. The first-order valence-corrected chi connectivity index (χ1v) is 6.23. The van der Waals surface area contributed by atoms with Crippen molar-refractivity contribution in [3.63, 3.8) is 0 Å². The minimum atomic E-state index is -1.46. The molecule has 0 amide bonds. The van der Waals surface area contributed by atoms with Gasteiger partial charge in [-0.25, -0.2) is 4.79 Å². The Morgan fingerprint density at radius 1 is 1.57 bits per heavy atom. The van der Waals surface area contributed by atoms with Crippen LogP contribution in [0.15, 0.2) is 20.9 Å². The van der Waals surface area contributed by atoms with Crippen molar-refractivity contribution in [3.8, 4) is 0 Å². The van der Waals surface area contributed by atoms with E-state index in [0.29, 0.717) is 5.56 Å². The monoisotopic (exact) mass is 297 g/mol. The van der Waals surface area contributed by atoms with E-state index in [1.807, 2.05) is 0 Å². The van der Waals surface area contributed by atoms with Crippen LogP contribution >= 0.6 is 0 Å². The van der Waals surface area contributed by atoms with Gasteiger partial charge in [-0.3, -0.25) is 14.3 Å². The van der Waals surface area contributed by atoms with Gasteiger partial charge in [-0.05, 0) is 12.5 Å². The van der Waals surface area contributed by atoms with Crippen molar-refractivity contribution in [1.29, 1.82) is 0 Å². The third-order valence-electron chi connectivity index (χ3n) is 3.59. The van der Waals surface area contributed by atoms with Gasteiger partial charge in [-0.15, -0.1) is 0 Å². The first kappa shape index (κ1) is 15.3. The highest BCUT2D eigenvalue weighted by molar-refractivity contribution is 5.04. The molecular weight excluding hydrogens is 282 g/mol. The highest BCUT2D eigenvalue weighted by Crippen LogP contribution is 2.37. The molecule has 0 radical (unpaired) electrons. The van der Waals surface area contributed by atoms with E-state index < -0.39 is 42.3 Å². The Morgan fingerprint density at radius 2 is 2.24 bits per heavy atom. The van der Waals surface area contributed by atoms with E-state index in [9.17, 15) is 19.8 Å². The Bertz CT molecular complexity index is 685. The molecule has 1 fully saturated rings. The molecule has 0 saturated carbocycles. The van der Waals surface area contributed by atoms with Gasteiger partial charge in [0, 0.05) is 23.1 Å². The molecule has 0 spiro atoms. The van der Waals surface area contributed by atoms with E-state index in [4.69, 9.17) is 10.3 Å². The second-order valence-corrected chi connectivity index (χ2v) is 4.89. The van der Waals surface area contributed by atoms with Gasteiger partial charge in [0.1, 0.15) is 11.8 Å². The summed E-state index contributed by atoms with van der Waals surface area (Å²) in [5.41, 5.74) is 6.23. The van der Waals surface area contributed by atoms with Crippen LogP contribution in [0.3, 0.4) is 0 Å². The lowest BCUT2D eigenvalue weighted by atomic mass is 9.97. The maximum Gasteiger partial charge on any atom is 0.330 e. The van der Waals surface area contributed by atoms with Crippen LogP contribution in [0.5, 0.6) is 0 Å². The number of azide groups is 1. The van der Waals surface area contributed by atoms with Crippen LogP contribution in [0.4, 0.5) is 0 Å². The van der Waals surface area contributed by atoms with E-state index in [1.165, 1.54) is 13.1 Å². The molecule has 1 aromatic heterocycles. The minimum Gasteiger partial charge on any atom is -0.393 e. The van der Waals surface area contributed by atoms with Gasteiger partial charge in [-0.1, -0.05) is 5.11 Å². The van der Waals surface area contributed by atoms with Gasteiger partial charge in [0.2, 0.25) is 0 Å². The van der Waals surface area contributed by atoms with Gasteiger partial charge in [0.15, 0.2) is 0 Å². The van der Waals surface area contributed by atoms with Crippen LogP contribution in [-0.4, -0.2) is 44.6 Å². The van der Waals surface area contributed by atoms with Crippen molar-refractivity contribution in [3.05, 3.63) is 43.0 Å². The van der Waals surface area contributed by atoms with Gasteiger partial charge in [0.25, 0.3) is 5.56 Å². The maximum absolute atomic E-state index is 11.8. The number of aryl methyl sites for hydroxylation is 1. The summed E-state index contributed by atoms with van der Waals surface area (Å²) in [5.74, 6) is 0.